The van der Waals surface area contributed by atoms with Gasteiger partial charge in [0.2, 0.25) is 0 Å². The van der Waals surface area contributed by atoms with E-state index in [2.05, 4.69) is 24.1 Å². The number of benzene rings is 1. The molecule has 1 N–H and O–H groups in total. The second kappa shape index (κ2) is 7.74. The van der Waals surface area contributed by atoms with Crippen molar-refractivity contribution in [1.82, 2.24) is 10.3 Å². The summed E-state index contributed by atoms with van der Waals surface area (Å²) in [6.07, 6.45) is 3.41. The lowest BCUT2D eigenvalue weighted by Gasteiger charge is -2.09. The maximum absolute atomic E-state index is 13.9. The molecule has 0 aliphatic heterocycles. The molecule has 1 aromatic heterocycles. The van der Waals surface area contributed by atoms with Crippen molar-refractivity contribution in [3.8, 4) is 0 Å². The normalized spacial score (nSPS) is 10.7. The topological polar surface area (TPSA) is 42.0 Å². The lowest BCUT2D eigenvalue weighted by atomic mass is 10.2. The van der Waals surface area contributed by atoms with Crippen molar-refractivity contribution in [2.24, 2.45) is 0 Å². The minimum atomic E-state index is -0.484. The number of hydrogen-bond donors (Lipinski definition) is 1. The molecular formula is C16H19FN2OS2. The van der Waals surface area contributed by atoms with Gasteiger partial charge >= 0.3 is 0 Å². The van der Waals surface area contributed by atoms with Crippen LogP contribution in [0.25, 0.3) is 0 Å². The van der Waals surface area contributed by atoms with Gasteiger partial charge in [-0.3, -0.25) is 4.79 Å². The highest BCUT2D eigenvalue weighted by Gasteiger charge is 2.16. The average Bonchev–Trinajstić information content (AvgIpc) is 2.86. The Labute approximate surface area is 138 Å². The molecule has 0 unspecified atom stereocenters. The van der Waals surface area contributed by atoms with Gasteiger partial charge in [0.05, 0.1) is 16.3 Å². The number of halogens is 1. The number of rotatable bonds is 6. The quantitative estimate of drug-likeness (QED) is 0.814. The molecule has 0 radical (unpaired) electrons. The predicted octanol–water partition coefficient (Wildman–Crippen LogP) is 3.85. The van der Waals surface area contributed by atoms with Crippen LogP contribution in [0, 0.1) is 12.7 Å². The van der Waals surface area contributed by atoms with E-state index in [9.17, 15) is 9.18 Å². The highest BCUT2D eigenvalue weighted by molar-refractivity contribution is 7.98. The third kappa shape index (κ3) is 3.87. The van der Waals surface area contributed by atoms with Crippen molar-refractivity contribution < 1.29 is 9.18 Å². The number of carbonyl (C=O) groups excluding carboxylic acids is 1. The number of nitrogens with one attached hydrogen (secondary N) is 1. The fraction of sp³-hybridized carbons (Fsp3) is 0.375. The van der Waals surface area contributed by atoms with E-state index in [1.165, 1.54) is 22.7 Å². The van der Waals surface area contributed by atoms with Gasteiger partial charge in [0.15, 0.2) is 0 Å². The Balaban J connectivity index is 1.98. The van der Waals surface area contributed by atoms with E-state index < -0.39 is 5.82 Å². The number of aryl methyl sites for hydroxylation is 2. The van der Waals surface area contributed by atoms with Crippen LogP contribution in [0.5, 0.6) is 0 Å². The molecule has 0 saturated heterocycles. The van der Waals surface area contributed by atoms with Crippen molar-refractivity contribution in [3.63, 3.8) is 0 Å². The second-order valence-electron chi connectivity index (χ2n) is 4.79. The standard InChI is InChI=1S/C16H19FN2OS2/c1-4-12-10(2)22-14(19-12)8-9-18-16(20)15-11(17)6-5-7-13(15)21-3/h5-7H,4,8-9H2,1-3H3,(H,18,20). The molecule has 3 nitrogen and oxygen atoms in total. The van der Waals surface area contributed by atoms with Gasteiger partial charge in [-0.25, -0.2) is 9.37 Å². The van der Waals surface area contributed by atoms with Gasteiger partial charge < -0.3 is 5.32 Å². The van der Waals surface area contributed by atoms with Crippen LogP contribution in [-0.4, -0.2) is 23.7 Å². The van der Waals surface area contributed by atoms with Gasteiger partial charge in [-0.2, -0.15) is 0 Å². The monoisotopic (exact) mass is 338 g/mol. The van der Waals surface area contributed by atoms with Gasteiger partial charge in [0, 0.05) is 22.7 Å². The first-order chi connectivity index (χ1) is 10.6. The summed E-state index contributed by atoms with van der Waals surface area (Å²) in [6.45, 7) is 4.59. The number of nitrogens with zero attached hydrogens (tertiary/aromatic N) is 1. The molecule has 0 aliphatic rings. The summed E-state index contributed by atoms with van der Waals surface area (Å²) in [4.78, 5) is 18.6. The zero-order chi connectivity index (χ0) is 16.1. The summed E-state index contributed by atoms with van der Waals surface area (Å²) in [5, 5.41) is 3.79. The van der Waals surface area contributed by atoms with Crippen molar-refractivity contribution in [2.45, 2.75) is 31.6 Å². The fourth-order valence-corrected chi connectivity index (χ4v) is 3.82. The number of aromatic nitrogens is 1. The minimum absolute atomic E-state index is 0.125. The maximum atomic E-state index is 13.9. The van der Waals surface area contributed by atoms with E-state index in [0.717, 1.165) is 17.1 Å². The van der Waals surface area contributed by atoms with Crippen LogP contribution in [0.1, 0.15) is 32.9 Å². The van der Waals surface area contributed by atoms with E-state index in [-0.39, 0.29) is 11.5 Å². The number of hydrogen-bond acceptors (Lipinski definition) is 4. The molecule has 0 saturated carbocycles. The number of thiazole rings is 1. The molecule has 0 aliphatic carbocycles. The first-order valence-electron chi connectivity index (χ1n) is 7.12. The summed E-state index contributed by atoms with van der Waals surface area (Å²) in [6, 6.07) is 4.68. The largest absolute Gasteiger partial charge is 0.351 e. The van der Waals surface area contributed by atoms with Crippen LogP contribution >= 0.6 is 23.1 Å². The molecule has 0 atom stereocenters. The minimum Gasteiger partial charge on any atom is -0.351 e. The van der Waals surface area contributed by atoms with Gasteiger partial charge in [0.1, 0.15) is 5.82 Å². The summed E-state index contributed by atoms with van der Waals surface area (Å²) >= 11 is 3.02. The van der Waals surface area contributed by atoms with Crippen molar-refractivity contribution in [3.05, 3.63) is 45.2 Å². The number of amides is 1. The molecule has 0 spiro atoms. The van der Waals surface area contributed by atoms with E-state index in [4.69, 9.17) is 0 Å². The average molecular weight is 338 g/mol. The van der Waals surface area contributed by atoms with Crippen LogP contribution in [0.15, 0.2) is 23.1 Å². The van der Waals surface area contributed by atoms with Crippen molar-refractivity contribution >= 4 is 29.0 Å². The van der Waals surface area contributed by atoms with Crippen LogP contribution in [0.3, 0.4) is 0 Å². The molecule has 1 heterocycles. The molecule has 2 rings (SSSR count). The maximum Gasteiger partial charge on any atom is 0.255 e. The zero-order valence-electron chi connectivity index (χ0n) is 12.9. The predicted molar refractivity (Wildman–Crippen MR) is 90.4 cm³/mol. The Morgan fingerprint density at radius 3 is 2.86 bits per heavy atom. The molecule has 0 fully saturated rings. The van der Waals surface area contributed by atoms with E-state index >= 15 is 0 Å². The Morgan fingerprint density at radius 2 is 2.23 bits per heavy atom. The molecule has 22 heavy (non-hydrogen) atoms. The molecule has 6 heteroatoms. The Morgan fingerprint density at radius 1 is 1.45 bits per heavy atom. The molecule has 2 aromatic rings. The first-order valence-corrected chi connectivity index (χ1v) is 9.16. The summed E-state index contributed by atoms with van der Waals surface area (Å²) < 4.78 is 13.9. The third-order valence-electron chi connectivity index (χ3n) is 3.32. The molecule has 1 aromatic carbocycles. The summed E-state index contributed by atoms with van der Waals surface area (Å²) in [5.41, 5.74) is 1.24. The van der Waals surface area contributed by atoms with E-state index in [0.29, 0.717) is 17.9 Å². The highest BCUT2D eigenvalue weighted by atomic mass is 32.2. The molecule has 0 bridgehead atoms. The Bertz CT molecular complexity index is 670. The summed E-state index contributed by atoms with van der Waals surface area (Å²) in [5.74, 6) is -0.853. The van der Waals surface area contributed by atoms with Gasteiger partial charge in [-0.15, -0.1) is 23.1 Å². The number of thioether (sulfide) groups is 1. The Kier molecular flexibility index (Phi) is 5.97. The first kappa shape index (κ1) is 17.0. The van der Waals surface area contributed by atoms with Crippen molar-refractivity contribution in [2.75, 3.05) is 12.8 Å². The lowest BCUT2D eigenvalue weighted by molar-refractivity contribution is 0.0947. The third-order valence-corrected chi connectivity index (χ3v) is 5.17. The smallest absolute Gasteiger partial charge is 0.255 e. The van der Waals surface area contributed by atoms with Crippen LogP contribution in [-0.2, 0) is 12.8 Å². The van der Waals surface area contributed by atoms with Gasteiger partial charge in [0.25, 0.3) is 5.91 Å². The fourth-order valence-electron chi connectivity index (χ4n) is 2.19. The Hall–Kier alpha value is -1.40. The SMILES string of the molecule is CCc1nc(CCNC(=O)c2c(F)cccc2SC)sc1C. The van der Waals surface area contributed by atoms with Crippen LogP contribution in [0.2, 0.25) is 0 Å². The van der Waals surface area contributed by atoms with Gasteiger partial charge in [-0.05, 0) is 31.7 Å². The molecule has 118 valence electrons. The van der Waals surface area contributed by atoms with E-state index in [1.807, 2.05) is 6.26 Å². The molecule has 1 amide bonds. The zero-order valence-corrected chi connectivity index (χ0v) is 14.5. The van der Waals surface area contributed by atoms with Crippen LogP contribution in [0.4, 0.5) is 4.39 Å². The molecular weight excluding hydrogens is 319 g/mol. The van der Waals surface area contributed by atoms with Gasteiger partial charge in [-0.1, -0.05) is 13.0 Å². The van der Waals surface area contributed by atoms with Crippen LogP contribution < -0.4 is 5.32 Å². The second-order valence-corrected chi connectivity index (χ2v) is 6.92. The van der Waals surface area contributed by atoms with E-state index in [1.54, 1.807) is 23.5 Å². The highest BCUT2D eigenvalue weighted by Crippen LogP contribution is 2.23. The summed E-state index contributed by atoms with van der Waals surface area (Å²) in [7, 11) is 0. The number of carbonyl (C=O) groups is 1. The lowest BCUT2D eigenvalue weighted by Crippen LogP contribution is -2.27. The van der Waals surface area contributed by atoms with Crippen molar-refractivity contribution in [1.29, 1.82) is 0 Å².